The molecule has 1 amide bonds. The molecule has 0 saturated carbocycles. The number of amides is 1. The van der Waals surface area contributed by atoms with E-state index in [9.17, 15) is 4.79 Å². The summed E-state index contributed by atoms with van der Waals surface area (Å²) in [6.45, 7) is 8.99. The number of nitrogens with zero attached hydrogens (tertiary/aromatic N) is 1. The topological polar surface area (TPSA) is 20.3 Å². The van der Waals surface area contributed by atoms with Gasteiger partial charge in [0, 0.05) is 20.0 Å². The van der Waals surface area contributed by atoms with Crippen molar-refractivity contribution in [3.05, 3.63) is 36.0 Å². The molecule has 0 unspecified atom stereocenters. The first kappa shape index (κ1) is 11.8. The second-order valence-electron chi connectivity index (χ2n) is 3.79. The van der Waals surface area contributed by atoms with E-state index >= 15 is 0 Å². The van der Waals surface area contributed by atoms with E-state index in [2.05, 4.69) is 18.7 Å². The van der Waals surface area contributed by atoms with E-state index in [0.717, 1.165) is 25.9 Å². The first-order chi connectivity index (χ1) is 7.19. The van der Waals surface area contributed by atoms with E-state index in [-0.39, 0.29) is 5.91 Å². The molecule has 0 N–H and O–H groups in total. The van der Waals surface area contributed by atoms with Crippen LogP contribution in [0.5, 0.6) is 0 Å². The van der Waals surface area contributed by atoms with Crippen LogP contribution in [0.25, 0.3) is 0 Å². The minimum Gasteiger partial charge on any atom is -0.339 e. The second-order valence-corrected chi connectivity index (χ2v) is 3.79. The van der Waals surface area contributed by atoms with Crippen LogP contribution in [0.15, 0.2) is 36.0 Å². The van der Waals surface area contributed by atoms with Gasteiger partial charge in [0.2, 0.25) is 5.91 Å². The molecule has 2 heteroatoms. The molecule has 0 atom stereocenters. The van der Waals surface area contributed by atoms with Crippen LogP contribution in [0.1, 0.15) is 26.7 Å². The fourth-order valence-electron chi connectivity index (χ4n) is 1.89. The van der Waals surface area contributed by atoms with Crippen molar-refractivity contribution in [3.63, 3.8) is 0 Å². The van der Waals surface area contributed by atoms with Gasteiger partial charge in [-0.25, -0.2) is 0 Å². The second kappa shape index (κ2) is 5.54. The predicted molar refractivity (Wildman–Crippen MR) is 63.5 cm³/mol. The number of allylic oxidation sites excluding steroid dienone is 3. The first-order valence-corrected chi connectivity index (χ1v) is 5.41. The standard InChI is InChI=1S/C13H19NO/c1-4-7-13-8-6-9-14(11(3)15)10-12(13)5-2/h4-5,7H,1,6,8-10H2,2-3H3/b12-5-,13-7-. The fraction of sp³-hybridized carbons (Fsp3) is 0.462. The summed E-state index contributed by atoms with van der Waals surface area (Å²) in [6.07, 6.45) is 8.05. The molecule has 15 heavy (non-hydrogen) atoms. The molecule has 1 saturated heterocycles. The summed E-state index contributed by atoms with van der Waals surface area (Å²) in [4.78, 5) is 13.2. The van der Waals surface area contributed by atoms with Crippen LogP contribution in [0.2, 0.25) is 0 Å². The average molecular weight is 205 g/mol. The van der Waals surface area contributed by atoms with Gasteiger partial charge in [-0.3, -0.25) is 4.79 Å². The molecule has 1 aliphatic rings. The minimum atomic E-state index is 0.161. The molecular formula is C13H19NO. The molecule has 0 aromatic heterocycles. The van der Waals surface area contributed by atoms with Crippen LogP contribution in [0.4, 0.5) is 0 Å². The predicted octanol–water partition coefficient (Wildman–Crippen LogP) is 2.69. The molecule has 0 aromatic rings. The van der Waals surface area contributed by atoms with E-state index in [0.29, 0.717) is 0 Å². The molecule has 1 heterocycles. The molecule has 1 aliphatic heterocycles. The Bertz CT molecular complexity index is 312. The Labute approximate surface area is 92.0 Å². The van der Waals surface area contributed by atoms with Crippen molar-refractivity contribution in [2.24, 2.45) is 0 Å². The monoisotopic (exact) mass is 205 g/mol. The minimum absolute atomic E-state index is 0.161. The van der Waals surface area contributed by atoms with Gasteiger partial charge in [0.1, 0.15) is 0 Å². The maximum absolute atomic E-state index is 11.3. The number of likely N-dealkylation sites (tertiary alicyclic amines) is 1. The van der Waals surface area contributed by atoms with Gasteiger partial charge in [-0.05, 0) is 30.9 Å². The molecule has 2 nitrogen and oxygen atoms in total. The van der Waals surface area contributed by atoms with Crippen LogP contribution in [0, 0.1) is 0 Å². The van der Waals surface area contributed by atoms with E-state index in [1.54, 1.807) is 6.92 Å². The summed E-state index contributed by atoms with van der Waals surface area (Å²) in [5, 5.41) is 0. The molecule has 82 valence electrons. The maximum Gasteiger partial charge on any atom is 0.219 e. The largest absolute Gasteiger partial charge is 0.339 e. The summed E-state index contributed by atoms with van der Waals surface area (Å²) in [5.41, 5.74) is 2.57. The lowest BCUT2D eigenvalue weighted by molar-refractivity contribution is -0.128. The SMILES string of the molecule is C=C/C=C1/CCCN(C(C)=O)C/C1=C/C. The lowest BCUT2D eigenvalue weighted by Gasteiger charge is -2.19. The molecule has 0 aromatic carbocycles. The Morgan fingerprint density at radius 2 is 2.20 bits per heavy atom. The third kappa shape index (κ3) is 3.08. The zero-order chi connectivity index (χ0) is 11.3. The summed E-state index contributed by atoms with van der Waals surface area (Å²) in [7, 11) is 0. The molecule has 0 bridgehead atoms. The van der Waals surface area contributed by atoms with Crippen LogP contribution >= 0.6 is 0 Å². The maximum atomic E-state index is 11.3. The van der Waals surface area contributed by atoms with Crippen molar-refractivity contribution in [2.45, 2.75) is 26.7 Å². The Balaban J connectivity index is 2.88. The highest BCUT2D eigenvalue weighted by atomic mass is 16.2. The van der Waals surface area contributed by atoms with Crippen molar-refractivity contribution in [1.29, 1.82) is 0 Å². The number of hydrogen-bond donors (Lipinski definition) is 0. The molecule has 1 fully saturated rings. The third-order valence-electron chi connectivity index (χ3n) is 2.76. The highest BCUT2D eigenvalue weighted by Gasteiger charge is 2.16. The van der Waals surface area contributed by atoms with Crippen molar-refractivity contribution < 1.29 is 4.79 Å². The molecule has 0 radical (unpaired) electrons. The molecule has 0 spiro atoms. The van der Waals surface area contributed by atoms with Crippen molar-refractivity contribution in [1.82, 2.24) is 4.90 Å². The van der Waals surface area contributed by atoms with E-state index in [1.165, 1.54) is 11.1 Å². The Morgan fingerprint density at radius 1 is 1.47 bits per heavy atom. The highest BCUT2D eigenvalue weighted by molar-refractivity contribution is 5.73. The Hall–Kier alpha value is -1.31. The van der Waals surface area contributed by atoms with Gasteiger partial charge < -0.3 is 4.90 Å². The number of rotatable bonds is 1. The lowest BCUT2D eigenvalue weighted by atomic mass is 10.0. The quantitative estimate of drug-likeness (QED) is 0.644. The first-order valence-electron chi connectivity index (χ1n) is 5.41. The van der Waals surface area contributed by atoms with Crippen molar-refractivity contribution >= 4 is 5.91 Å². The summed E-state index contributed by atoms with van der Waals surface area (Å²) >= 11 is 0. The summed E-state index contributed by atoms with van der Waals surface area (Å²) in [6, 6.07) is 0. The molecule has 0 aliphatic carbocycles. The van der Waals surface area contributed by atoms with Crippen molar-refractivity contribution in [3.8, 4) is 0 Å². The number of carbonyl (C=O) groups is 1. The van der Waals surface area contributed by atoms with Crippen LogP contribution in [-0.2, 0) is 4.79 Å². The van der Waals surface area contributed by atoms with Gasteiger partial charge in [-0.2, -0.15) is 0 Å². The Morgan fingerprint density at radius 3 is 2.73 bits per heavy atom. The van der Waals surface area contributed by atoms with E-state index < -0.39 is 0 Å². The number of hydrogen-bond acceptors (Lipinski definition) is 1. The molecule has 1 rings (SSSR count). The zero-order valence-corrected chi connectivity index (χ0v) is 9.62. The fourth-order valence-corrected chi connectivity index (χ4v) is 1.89. The van der Waals surface area contributed by atoms with E-state index in [1.807, 2.05) is 17.9 Å². The lowest BCUT2D eigenvalue weighted by Crippen LogP contribution is -2.30. The van der Waals surface area contributed by atoms with Gasteiger partial charge in [-0.15, -0.1) is 0 Å². The van der Waals surface area contributed by atoms with Crippen LogP contribution in [0.3, 0.4) is 0 Å². The van der Waals surface area contributed by atoms with Gasteiger partial charge in [-0.1, -0.05) is 24.8 Å². The van der Waals surface area contributed by atoms with E-state index in [4.69, 9.17) is 0 Å². The zero-order valence-electron chi connectivity index (χ0n) is 9.62. The van der Waals surface area contributed by atoms with Crippen LogP contribution in [-0.4, -0.2) is 23.9 Å². The third-order valence-corrected chi connectivity index (χ3v) is 2.76. The van der Waals surface area contributed by atoms with Gasteiger partial charge in [0.05, 0.1) is 0 Å². The Kier molecular flexibility index (Phi) is 4.35. The molecular weight excluding hydrogens is 186 g/mol. The normalized spacial score (nSPS) is 22.9. The van der Waals surface area contributed by atoms with Crippen LogP contribution < -0.4 is 0 Å². The van der Waals surface area contributed by atoms with Gasteiger partial charge >= 0.3 is 0 Å². The summed E-state index contributed by atoms with van der Waals surface area (Å²) < 4.78 is 0. The average Bonchev–Trinajstić information content (AvgIpc) is 2.41. The van der Waals surface area contributed by atoms with Gasteiger partial charge in [0.15, 0.2) is 0 Å². The highest BCUT2D eigenvalue weighted by Crippen LogP contribution is 2.22. The smallest absolute Gasteiger partial charge is 0.219 e. The summed E-state index contributed by atoms with van der Waals surface area (Å²) in [5.74, 6) is 0.161. The number of carbonyl (C=O) groups excluding carboxylic acids is 1. The van der Waals surface area contributed by atoms with Gasteiger partial charge in [0.25, 0.3) is 0 Å². The van der Waals surface area contributed by atoms with Crippen molar-refractivity contribution in [2.75, 3.05) is 13.1 Å².